The van der Waals surface area contributed by atoms with Crippen molar-refractivity contribution >= 4 is 34.2 Å². The molecule has 0 radical (unpaired) electrons. The van der Waals surface area contributed by atoms with Crippen LogP contribution in [0.1, 0.15) is 25.7 Å². The summed E-state index contributed by atoms with van der Waals surface area (Å²) >= 11 is 1.26. The molecule has 158 valence electrons. The van der Waals surface area contributed by atoms with Crippen LogP contribution in [-0.4, -0.2) is 48.4 Å². The molecule has 2 heterocycles. The Bertz CT molecular complexity index is 965. The highest BCUT2D eigenvalue weighted by Gasteiger charge is 2.48. The first-order valence-corrected chi connectivity index (χ1v) is 10.7. The first kappa shape index (κ1) is 20.3. The predicted molar refractivity (Wildman–Crippen MR) is 111 cm³/mol. The van der Waals surface area contributed by atoms with Crippen molar-refractivity contribution < 1.29 is 23.9 Å². The summed E-state index contributed by atoms with van der Waals surface area (Å²) in [5.41, 5.74) is 1.41. The third-order valence-corrected chi connectivity index (χ3v) is 6.43. The molecule has 1 aromatic heterocycles. The number of aromatic nitrogens is 1. The van der Waals surface area contributed by atoms with Gasteiger partial charge in [0.2, 0.25) is 17.7 Å². The number of methoxy groups -OCH3 is 2. The SMILES string of the molecule is COc1ccc(-c2csc(NC(=O)CN3C(=O)[C@H]4CCCC[C@H]4C3=O)n2)c(OC)c1. The molecule has 1 saturated carbocycles. The molecule has 4 rings (SSSR count). The molecule has 0 unspecified atom stereocenters. The number of rotatable bonds is 6. The standard InChI is InChI=1S/C21H23N3O5S/c1-28-12-7-8-15(17(9-12)29-2)16-11-30-21(22-16)23-18(25)10-24-19(26)13-5-3-4-6-14(13)20(24)27/h7-9,11,13-14H,3-6,10H2,1-2H3,(H,22,23,25)/t13-,14+. The lowest BCUT2D eigenvalue weighted by atomic mass is 9.81. The number of likely N-dealkylation sites (tertiary alicyclic amines) is 1. The minimum absolute atomic E-state index is 0.220. The zero-order valence-electron chi connectivity index (χ0n) is 16.8. The predicted octanol–water partition coefficient (Wildman–Crippen LogP) is 2.94. The Labute approximate surface area is 178 Å². The maximum absolute atomic E-state index is 12.5. The van der Waals surface area contributed by atoms with Gasteiger partial charge in [-0.2, -0.15) is 0 Å². The Morgan fingerprint density at radius 3 is 2.50 bits per heavy atom. The minimum atomic E-state index is -0.432. The molecule has 2 fully saturated rings. The van der Waals surface area contributed by atoms with Crippen LogP contribution in [0.15, 0.2) is 23.6 Å². The van der Waals surface area contributed by atoms with Crippen molar-refractivity contribution in [1.82, 2.24) is 9.88 Å². The summed E-state index contributed by atoms with van der Waals surface area (Å²) in [6.45, 7) is -0.272. The average molecular weight is 429 g/mol. The maximum Gasteiger partial charge on any atom is 0.246 e. The number of amides is 3. The average Bonchev–Trinajstić information content (AvgIpc) is 3.32. The second kappa shape index (κ2) is 8.43. The number of nitrogens with one attached hydrogen (secondary N) is 1. The second-order valence-electron chi connectivity index (χ2n) is 7.41. The number of hydrogen-bond donors (Lipinski definition) is 1. The van der Waals surface area contributed by atoms with Crippen molar-refractivity contribution in [3.8, 4) is 22.8 Å². The van der Waals surface area contributed by atoms with Crippen LogP contribution in [0.5, 0.6) is 11.5 Å². The molecule has 0 bridgehead atoms. The van der Waals surface area contributed by atoms with E-state index in [2.05, 4.69) is 10.3 Å². The Hall–Kier alpha value is -2.94. The van der Waals surface area contributed by atoms with Crippen molar-refractivity contribution in [2.75, 3.05) is 26.1 Å². The second-order valence-corrected chi connectivity index (χ2v) is 8.27. The lowest BCUT2D eigenvalue weighted by molar-refractivity contribution is -0.142. The van der Waals surface area contributed by atoms with Crippen LogP contribution in [0.4, 0.5) is 5.13 Å². The van der Waals surface area contributed by atoms with Crippen LogP contribution in [0.2, 0.25) is 0 Å². The van der Waals surface area contributed by atoms with Crippen molar-refractivity contribution in [3.05, 3.63) is 23.6 Å². The van der Waals surface area contributed by atoms with Crippen LogP contribution in [0.25, 0.3) is 11.3 Å². The van der Waals surface area contributed by atoms with Gasteiger partial charge in [-0.05, 0) is 25.0 Å². The first-order valence-electron chi connectivity index (χ1n) is 9.85. The van der Waals surface area contributed by atoms with E-state index in [4.69, 9.17) is 9.47 Å². The quantitative estimate of drug-likeness (QED) is 0.709. The fraction of sp³-hybridized carbons (Fsp3) is 0.429. The van der Waals surface area contributed by atoms with E-state index in [1.54, 1.807) is 31.7 Å². The highest BCUT2D eigenvalue weighted by Crippen LogP contribution is 2.38. The smallest absolute Gasteiger partial charge is 0.246 e. The summed E-state index contributed by atoms with van der Waals surface area (Å²) in [5.74, 6) is -0.113. The first-order chi connectivity index (χ1) is 14.5. The van der Waals surface area contributed by atoms with E-state index < -0.39 is 5.91 Å². The summed E-state index contributed by atoms with van der Waals surface area (Å²) in [5, 5.41) is 4.90. The summed E-state index contributed by atoms with van der Waals surface area (Å²) in [7, 11) is 3.14. The van der Waals surface area contributed by atoms with Gasteiger partial charge in [-0.15, -0.1) is 11.3 Å². The lowest BCUT2D eigenvalue weighted by Crippen LogP contribution is -2.38. The van der Waals surface area contributed by atoms with Gasteiger partial charge in [-0.1, -0.05) is 12.8 Å². The van der Waals surface area contributed by atoms with Crippen LogP contribution in [0, 0.1) is 11.8 Å². The molecule has 9 heteroatoms. The van der Waals surface area contributed by atoms with Crippen LogP contribution in [0.3, 0.4) is 0 Å². The van der Waals surface area contributed by atoms with E-state index in [0.717, 1.165) is 36.1 Å². The minimum Gasteiger partial charge on any atom is -0.497 e. The topological polar surface area (TPSA) is 97.8 Å². The molecule has 2 atom stereocenters. The van der Waals surface area contributed by atoms with Crippen molar-refractivity contribution in [2.24, 2.45) is 11.8 Å². The van der Waals surface area contributed by atoms with Gasteiger partial charge in [-0.3, -0.25) is 19.3 Å². The van der Waals surface area contributed by atoms with Crippen molar-refractivity contribution in [1.29, 1.82) is 0 Å². The van der Waals surface area contributed by atoms with Gasteiger partial charge in [0.1, 0.15) is 18.0 Å². The number of thiazole rings is 1. The number of carbonyl (C=O) groups excluding carboxylic acids is 3. The number of ether oxygens (including phenoxy) is 2. The Kier molecular flexibility index (Phi) is 5.72. The van der Waals surface area contributed by atoms with E-state index >= 15 is 0 Å². The summed E-state index contributed by atoms with van der Waals surface area (Å²) < 4.78 is 10.6. The lowest BCUT2D eigenvalue weighted by Gasteiger charge is -2.19. The van der Waals surface area contributed by atoms with Gasteiger partial charge in [0.15, 0.2) is 5.13 Å². The van der Waals surface area contributed by atoms with Gasteiger partial charge >= 0.3 is 0 Å². The monoisotopic (exact) mass is 429 g/mol. The molecule has 1 aliphatic heterocycles. The Morgan fingerprint density at radius 2 is 1.87 bits per heavy atom. The third-order valence-electron chi connectivity index (χ3n) is 5.67. The molecule has 3 amide bonds. The number of hydrogen-bond acceptors (Lipinski definition) is 7. The molecule has 0 spiro atoms. The fourth-order valence-corrected chi connectivity index (χ4v) is 4.88. The van der Waals surface area contributed by atoms with Gasteiger partial charge in [0.05, 0.1) is 31.7 Å². The van der Waals surface area contributed by atoms with Crippen molar-refractivity contribution in [3.63, 3.8) is 0 Å². The van der Waals surface area contributed by atoms with E-state index in [1.165, 1.54) is 11.3 Å². The zero-order chi connectivity index (χ0) is 21.3. The molecule has 30 heavy (non-hydrogen) atoms. The normalized spacial score (nSPS) is 20.8. The van der Waals surface area contributed by atoms with E-state index in [-0.39, 0.29) is 30.2 Å². The molecule has 2 aliphatic rings. The number of fused-ring (bicyclic) bond motifs is 1. The van der Waals surface area contributed by atoms with Crippen LogP contribution in [-0.2, 0) is 14.4 Å². The third kappa shape index (κ3) is 3.77. The maximum atomic E-state index is 12.5. The molecule has 1 aliphatic carbocycles. The van der Waals surface area contributed by atoms with E-state index in [9.17, 15) is 14.4 Å². The van der Waals surface area contributed by atoms with Gasteiger partial charge < -0.3 is 14.8 Å². The molecular weight excluding hydrogens is 406 g/mol. The molecule has 2 aromatic rings. The van der Waals surface area contributed by atoms with E-state index in [0.29, 0.717) is 22.3 Å². The number of anilines is 1. The summed E-state index contributed by atoms with van der Waals surface area (Å²) in [6.07, 6.45) is 3.37. The highest BCUT2D eigenvalue weighted by molar-refractivity contribution is 7.14. The van der Waals surface area contributed by atoms with Gasteiger partial charge in [-0.25, -0.2) is 4.98 Å². The van der Waals surface area contributed by atoms with Crippen LogP contribution >= 0.6 is 11.3 Å². The Morgan fingerprint density at radius 1 is 1.17 bits per heavy atom. The Balaban J connectivity index is 1.44. The number of carbonyl (C=O) groups is 3. The molecule has 1 N–H and O–H groups in total. The molecule has 1 aromatic carbocycles. The van der Waals surface area contributed by atoms with Crippen molar-refractivity contribution in [2.45, 2.75) is 25.7 Å². The largest absolute Gasteiger partial charge is 0.497 e. The van der Waals surface area contributed by atoms with Crippen LogP contribution < -0.4 is 14.8 Å². The number of imide groups is 1. The zero-order valence-corrected chi connectivity index (χ0v) is 17.7. The molecular formula is C21H23N3O5S. The summed E-state index contributed by atoms with van der Waals surface area (Å²) in [6, 6.07) is 5.40. The number of nitrogens with zero attached hydrogens (tertiary/aromatic N) is 2. The molecule has 8 nitrogen and oxygen atoms in total. The number of benzene rings is 1. The summed E-state index contributed by atoms with van der Waals surface area (Å²) in [4.78, 5) is 43.1. The van der Waals surface area contributed by atoms with Gasteiger partial charge in [0, 0.05) is 17.0 Å². The molecule has 1 saturated heterocycles. The van der Waals surface area contributed by atoms with E-state index in [1.807, 2.05) is 6.07 Å². The highest BCUT2D eigenvalue weighted by atomic mass is 32.1. The fourth-order valence-electron chi connectivity index (χ4n) is 4.15. The van der Waals surface area contributed by atoms with Gasteiger partial charge in [0.25, 0.3) is 0 Å².